The molecule has 0 bridgehead atoms. The Morgan fingerprint density at radius 1 is 1.17 bits per heavy atom. The van der Waals surface area contributed by atoms with E-state index >= 15 is 0 Å². The Labute approximate surface area is 160 Å². The van der Waals surface area contributed by atoms with Crippen molar-refractivity contribution < 1.29 is 9.47 Å². The fraction of sp³-hybridized carbons (Fsp3) is 0.278. The lowest BCUT2D eigenvalue weighted by molar-refractivity contribution is 0.219. The number of halogens is 1. The number of aryl methyl sites for hydroxylation is 1. The number of nitrogens with two attached hydrogens (primary N) is 1. The normalized spacial score (nSPS) is 12.0. The summed E-state index contributed by atoms with van der Waals surface area (Å²) in [5, 5.41) is 3.07. The van der Waals surface area contributed by atoms with Crippen LogP contribution in [0.2, 0.25) is 0 Å². The van der Waals surface area contributed by atoms with Crippen LogP contribution in [0.1, 0.15) is 12.5 Å². The maximum Gasteiger partial charge on any atom is 0.193 e. The molecule has 0 radical (unpaired) electrons. The topological polar surface area (TPSA) is 68.9 Å². The molecule has 0 saturated carbocycles. The highest BCUT2D eigenvalue weighted by Gasteiger charge is 2.08. The van der Waals surface area contributed by atoms with Gasteiger partial charge in [-0.3, -0.25) is 0 Å². The largest absolute Gasteiger partial charge is 0.493 e. The molecule has 1 unspecified atom stereocenters. The first-order valence-corrected chi connectivity index (χ1v) is 7.52. The molecule has 6 heteroatoms. The number of nitrogens with one attached hydrogen (secondary N) is 1. The average Bonchev–Trinajstić information content (AvgIpc) is 2.53. The van der Waals surface area contributed by atoms with Crippen molar-refractivity contribution in [2.24, 2.45) is 10.7 Å². The van der Waals surface area contributed by atoms with Crippen LogP contribution in [-0.4, -0.2) is 25.7 Å². The van der Waals surface area contributed by atoms with Crippen LogP contribution < -0.4 is 20.5 Å². The SMILES string of the molecule is COc1ccccc1OC(C)CN=C(N)Nc1cccc(C)c1.I. The number of benzene rings is 2. The van der Waals surface area contributed by atoms with Crippen molar-refractivity contribution in [3.8, 4) is 11.5 Å². The minimum absolute atomic E-state index is 0. The lowest BCUT2D eigenvalue weighted by Gasteiger charge is -2.15. The van der Waals surface area contributed by atoms with Gasteiger partial charge in [-0.2, -0.15) is 0 Å². The Morgan fingerprint density at radius 3 is 2.54 bits per heavy atom. The average molecular weight is 441 g/mol. The molecule has 0 aliphatic carbocycles. The third-order valence-corrected chi connectivity index (χ3v) is 3.21. The Bertz CT molecular complexity index is 677. The second-order valence-electron chi connectivity index (χ2n) is 5.30. The zero-order valence-electron chi connectivity index (χ0n) is 14.2. The first-order valence-electron chi connectivity index (χ1n) is 7.52. The van der Waals surface area contributed by atoms with E-state index in [1.165, 1.54) is 0 Å². The molecule has 0 aliphatic rings. The molecule has 2 rings (SSSR count). The van der Waals surface area contributed by atoms with Crippen LogP contribution in [0, 0.1) is 6.92 Å². The Kier molecular flexibility index (Phi) is 8.39. The summed E-state index contributed by atoms with van der Waals surface area (Å²) in [6.07, 6.45) is -0.121. The second kappa shape index (κ2) is 10.0. The molecule has 0 saturated heterocycles. The van der Waals surface area contributed by atoms with E-state index in [0.29, 0.717) is 24.0 Å². The van der Waals surface area contributed by atoms with Crippen molar-refractivity contribution in [1.29, 1.82) is 0 Å². The van der Waals surface area contributed by atoms with Gasteiger partial charge in [-0.15, -0.1) is 24.0 Å². The van der Waals surface area contributed by atoms with E-state index in [2.05, 4.69) is 10.3 Å². The third-order valence-electron chi connectivity index (χ3n) is 3.21. The van der Waals surface area contributed by atoms with Crippen molar-refractivity contribution in [2.75, 3.05) is 19.0 Å². The van der Waals surface area contributed by atoms with E-state index in [4.69, 9.17) is 15.2 Å². The van der Waals surface area contributed by atoms with Gasteiger partial charge < -0.3 is 20.5 Å². The van der Waals surface area contributed by atoms with Gasteiger partial charge in [0.2, 0.25) is 0 Å². The van der Waals surface area contributed by atoms with E-state index in [1.54, 1.807) is 7.11 Å². The summed E-state index contributed by atoms with van der Waals surface area (Å²) in [6.45, 7) is 4.42. The van der Waals surface area contributed by atoms with Crippen LogP contribution in [-0.2, 0) is 0 Å². The summed E-state index contributed by atoms with van der Waals surface area (Å²) in [5.74, 6) is 1.77. The quantitative estimate of drug-likeness (QED) is 0.407. The summed E-state index contributed by atoms with van der Waals surface area (Å²) in [4.78, 5) is 4.32. The Morgan fingerprint density at radius 2 is 1.88 bits per heavy atom. The van der Waals surface area contributed by atoms with Gasteiger partial charge >= 0.3 is 0 Å². The predicted molar refractivity (Wildman–Crippen MR) is 110 cm³/mol. The van der Waals surface area contributed by atoms with Crippen molar-refractivity contribution in [2.45, 2.75) is 20.0 Å². The van der Waals surface area contributed by atoms with Crippen LogP contribution in [0.15, 0.2) is 53.5 Å². The fourth-order valence-corrected chi connectivity index (χ4v) is 2.11. The Hall–Kier alpha value is -1.96. The Balaban J connectivity index is 0.00000288. The second-order valence-corrected chi connectivity index (χ2v) is 5.30. The summed E-state index contributed by atoms with van der Waals surface area (Å²) >= 11 is 0. The number of rotatable bonds is 6. The maximum atomic E-state index is 5.91. The molecule has 0 heterocycles. The number of anilines is 1. The van der Waals surface area contributed by atoms with Crippen molar-refractivity contribution in [3.63, 3.8) is 0 Å². The smallest absolute Gasteiger partial charge is 0.193 e. The monoisotopic (exact) mass is 441 g/mol. The van der Waals surface area contributed by atoms with Crippen molar-refractivity contribution in [1.82, 2.24) is 0 Å². The standard InChI is InChI=1S/C18H23N3O2.HI/c1-13-7-6-8-15(11-13)21-18(19)20-12-14(2)23-17-10-5-4-9-16(17)22-3;/h4-11,14H,12H2,1-3H3,(H3,19,20,21);1H. The molecule has 0 aromatic heterocycles. The molecule has 0 fully saturated rings. The summed E-state index contributed by atoms with van der Waals surface area (Å²) in [7, 11) is 1.62. The van der Waals surface area contributed by atoms with Crippen molar-refractivity contribution in [3.05, 3.63) is 54.1 Å². The number of ether oxygens (including phenoxy) is 2. The van der Waals surface area contributed by atoms with E-state index in [-0.39, 0.29) is 30.1 Å². The highest BCUT2D eigenvalue weighted by molar-refractivity contribution is 14.0. The molecule has 5 nitrogen and oxygen atoms in total. The minimum Gasteiger partial charge on any atom is -0.493 e. The van der Waals surface area contributed by atoms with E-state index in [0.717, 1.165) is 11.3 Å². The van der Waals surface area contributed by atoms with E-state index in [9.17, 15) is 0 Å². The molecule has 0 amide bonds. The molecular weight excluding hydrogens is 417 g/mol. The number of aliphatic imine (C=N–C) groups is 1. The van der Waals surface area contributed by atoms with Crippen LogP contribution >= 0.6 is 24.0 Å². The van der Waals surface area contributed by atoms with Gasteiger partial charge in [-0.1, -0.05) is 24.3 Å². The highest BCUT2D eigenvalue weighted by Crippen LogP contribution is 2.26. The van der Waals surface area contributed by atoms with Crippen LogP contribution in [0.4, 0.5) is 5.69 Å². The van der Waals surface area contributed by atoms with Crippen LogP contribution in [0.3, 0.4) is 0 Å². The summed E-state index contributed by atoms with van der Waals surface area (Å²) in [6, 6.07) is 15.5. The lowest BCUT2D eigenvalue weighted by atomic mass is 10.2. The number of methoxy groups -OCH3 is 1. The van der Waals surface area contributed by atoms with Crippen LogP contribution in [0.5, 0.6) is 11.5 Å². The maximum absolute atomic E-state index is 5.91. The summed E-state index contributed by atoms with van der Waals surface area (Å²) < 4.78 is 11.1. The molecule has 2 aromatic rings. The van der Waals surface area contributed by atoms with Gasteiger partial charge in [0, 0.05) is 5.69 Å². The molecule has 0 aliphatic heterocycles. The first-order chi connectivity index (χ1) is 11.1. The lowest BCUT2D eigenvalue weighted by Crippen LogP contribution is -2.25. The zero-order chi connectivity index (χ0) is 16.7. The van der Waals surface area contributed by atoms with Gasteiger partial charge in [0.15, 0.2) is 17.5 Å². The summed E-state index contributed by atoms with van der Waals surface area (Å²) in [5.41, 5.74) is 8.00. The van der Waals surface area contributed by atoms with Crippen LogP contribution in [0.25, 0.3) is 0 Å². The molecule has 1 atom stereocenters. The zero-order valence-corrected chi connectivity index (χ0v) is 16.5. The van der Waals surface area contributed by atoms with Gasteiger partial charge in [-0.25, -0.2) is 4.99 Å². The van der Waals surface area contributed by atoms with E-state index in [1.807, 2.05) is 62.4 Å². The van der Waals surface area contributed by atoms with E-state index < -0.39 is 0 Å². The van der Waals surface area contributed by atoms with Gasteiger partial charge in [0.25, 0.3) is 0 Å². The number of hydrogen-bond acceptors (Lipinski definition) is 3. The molecule has 24 heavy (non-hydrogen) atoms. The molecule has 3 N–H and O–H groups in total. The number of para-hydroxylation sites is 2. The predicted octanol–water partition coefficient (Wildman–Crippen LogP) is 3.82. The van der Waals surface area contributed by atoms with Crippen molar-refractivity contribution >= 4 is 35.6 Å². The highest BCUT2D eigenvalue weighted by atomic mass is 127. The number of guanidine groups is 1. The molecule has 130 valence electrons. The van der Waals surface area contributed by atoms with Gasteiger partial charge in [0.1, 0.15) is 6.10 Å². The van der Waals surface area contributed by atoms with Gasteiger partial charge in [-0.05, 0) is 43.7 Å². The first kappa shape index (κ1) is 20.1. The molecule has 0 spiro atoms. The van der Waals surface area contributed by atoms with Gasteiger partial charge in [0.05, 0.1) is 13.7 Å². The number of hydrogen-bond donors (Lipinski definition) is 2. The molecular formula is C18H24IN3O2. The third kappa shape index (κ3) is 6.27. The number of nitrogens with zero attached hydrogens (tertiary/aromatic N) is 1. The minimum atomic E-state index is -0.121. The molecule has 2 aromatic carbocycles. The fourth-order valence-electron chi connectivity index (χ4n) is 2.11.